The number of nitrogens with two attached hydrogens (primary N) is 1. The maximum atomic E-state index is 13.0. The summed E-state index contributed by atoms with van der Waals surface area (Å²) in [5.74, 6) is -1.78. The molecule has 4 rings (SSSR count). The van der Waals surface area contributed by atoms with E-state index in [1.54, 1.807) is 60.7 Å². The SMILES string of the molecule is NCCCOc1cc(Cl)c(C(=O)Nc2ccc(C[C@H](NC(=O)c3ccc(CNCc4cccc(O)c4)cc3Cl)C(=O)O)cc2)c(Cl)c1. The second-order valence-electron chi connectivity index (χ2n) is 10.6. The molecule has 0 heterocycles. The zero-order valence-corrected chi connectivity index (χ0v) is 27.3. The predicted molar refractivity (Wildman–Crippen MR) is 183 cm³/mol. The van der Waals surface area contributed by atoms with Gasteiger partial charge in [-0.25, -0.2) is 4.79 Å². The molecule has 47 heavy (non-hydrogen) atoms. The number of carboxylic acids is 1. The van der Waals surface area contributed by atoms with E-state index in [1.807, 2.05) is 6.07 Å². The highest BCUT2D eigenvalue weighted by molar-refractivity contribution is 6.40. The van der Waals surface area contributed by atoms with Crippen LogP contribution in [0.15, 0.2) is 78.9 Å². The van der Waals surface area contributed by atoms with Crippen molar-refractivity contribution >= 4 is 58.3 Å². The third-order valence-electron chi connectivity index (χ3n) is 6.96. The largest absolute Gasteiger partial charge is 0.508 e. The molecule has 4 aromatic rings. The summed E-state index contributed by atoms with van der Waals surface area (Å²) in [5.41, 5.74) is 8.45. The van der Waals surface area contributed by atoms with Gasteiger partial charge in [0.15, 0.2) is 0 Å². The van der Waals surface area contributed by atoms with Gasteiger partial charge in [-0.3, -0.25) is 9.59 Å². The molecule has 0 fully saturated rings. The van der Waals surface area contributed by atoms with Crippen molar-refractivity contribution in [3.63, 3.8) is 0 Å². The fourth-order valence-electron chi connectivity index (χ4n) is 4.58. The number of phenolic OH excluding ortho intramolecular Hbond substituents is 1. The van der Waals surface area contributed by atoms with Crippen LogP contribution in [-0.2, 0) is 24.3 Å². The maximum Gasteiger partial charge on any atom is 0.326 e. The molecule has 2 amide bonds. The Balaban J connectivity index is 1.33. The van der Waals surface area contributed by atoms with Gasteiger partial charge in [-0.15, -0.1) is 0 Å². The number of aliphatic carboxylic acids is 1. The van der Waals surface area contributed by atoms with E-state index in [4.69, 9.17) is 45.3 Å². The smallest absolute Gasteiger partial charge is 0.326 e. The van der Waals surface area contributed by atoms with Crippen LogP contribution in [0, 0.1) is 0 Å². The number of rotatable bonds is 15. The van der Waals surface area contributed by atoms with E-state index in [9.17, 15) is 24.6 Å². The summed E-state index contributed by atoms with van der Waals surface area (Å²) in [7, 11) is 0. The first-order valence-electron chi connectivity index (χ1n) is 14.6. The van der Waals surface area contributed by atoms with Crippen molar-refractivity contribution in [2.24, 2.45) is 5.73 Å². The quantitative estimate of drug-likeness (QED) is 0.0818. The molecule has 0 aliphatic carbocycles. The topological polar surface area (TPSA) is 163 Å². The number of carbonyl (C=O) groups excluding carboxylic acids is 2. The molecule has 1 atom stereocenters. The van der Waals surface area contributed by atoms with Gasteiger partial charge in [0.1, 0.15) is 17.5 Å². The summed E-state index contributed by atoms with van der Waals surface area (Å²) in [6, 6.07) is 20.0. The molecule has 0 saturated heterocycles. The molecule has 0 aliphatic heterocycles. The van der Waals surface area contributed by atoms with Gasteiger partial charge in [0.2, 0.25) is 0 Å². The van der Waals surface area contributed by atoms with Gasteiger partial charge in [0, 0.05) is 25.2 Å². The molecule has 0 saturated carbocycles. The molecular weight excluding hydrogens is 667 g/mol. The van der Waals surface area contributed by atoms with E-state index < -0.39 is 23.8 Å². The lowest BCUT2D eigenvalue weighted by Gasteiger charge is -2.16. The number of carbonyl (C=O) groups is 3. The Morgan fingerprint density at radius 2 is 1.47 bits per heavy atom. The highest BCUT2D eigenvalue weighted by atomic mass is 35.5. The molecular formula is C34H33Cl3N4O6. The Morgan fingerprint density at radius 3 is 2.09 bits per heavy atom. The molecule has 7 N–H and O–H groups in total. The molecule has 0 bridgehead atoms. The van der Waals surface area contributed by atoms with Crippen molar-refractivity contribution in [1.82, 2.24) is 10.6 Å². The van der Waals surface area contributed by atoms with Crippen LogP contribution in [0.5, 0.6) is 11.5 Å². The highest BCUT2D eigenvalue weighted by Crippen LogP contribution is 2.31. The first-order valence-corrected chi connectivity index (χ1v) is 15.7. The molecule has 0 radical (unpaired) electrons. The number of phenols is 1. The number of amides is 2. The van der Waals surface area contributed by atoms with Crippen LogP contribution in [0.25, 0.3) is 0 Å². The minimum atomic E-state index is -1.24. The van der Waals surface area contributed by atoms with Gasteiger partial charge < -0.3 is 36.6 Å². The number of halogens is 3. The fraction of sp³-hybridized carbons (Fsp3) is 0.206. The summed E-state index contributed by atoms with van der Waals surface area (Å²) in [5, 5.41) is 28.3. The third kappa shape index (κ3) is 10.3. The van der Waals surface area contributed by atoms with Gasteiger partial charge >= 0.3 is 5.97 Å². The molecule has 0 aromatic heterocycles. The van der Waals surface area contributed by atoms with Gasteiger partial charge in [-0.1, -0.05) is 65.1 Å². The average molecular weight is 700 g/mol. The molecule has 0 aliphatic rings. The van der Waals surface area contributed by atoms with Crippen LogP contribution in [-0.4, -0.2) is 47.2 Å². The van der Waals surface area contributed by atoms with Crippen molar-refractivity contribution < 1.29 is 29.3 Å². The maximum absolute atomic E-state index is 13.0. The zero-order valence-electron chi connectivity index (χ0n) is 25.1. The van der Waals surface area contributed by atoms with E-state index in [1.165, 1.54) is 12.1 Å². The van der Waals surface area contributed by atoms with Crippen LogP contribution >= 0.6 is 34.8 Å². The summed E-state index contributed by atoms with van der Waals surface area (Å²) in [6.07, 6.45) is 0.630. The predicted octanol–water partition coefficient (Wildman–Crippen LogP) is 6.05. The molecule has 246 valence electrons. The highest BCUT2D eigenvalue weighted by Gasteiger charge is 2.23. The molecule has 0 unspecified atom stereocenters. The second-order valence-corrected chi connectivity index (χ2v) is 11.8. The number of aromatic hydroxyl groups is 1. The van der Waals surface area contributed by atoms with E-state index >= 15 is 0 Å². The van der Waals surface area contributed by atoms with E-state index in [0.717, 1.165) is 11.1 Å². The van der Waals surface area contributed by atoms with Crippen molar-refractivity contribution in [2.45, 2.75) is 32.0 Å². The molecule has 13 heteroatoms. The van der Waals surface area contributed by atoms with Crippen LogP contribution in [0.4, 0.5) is 5.69 Å². The van der Waals surface area contributed by atoms with Crippen LogP contribution in [0.2, 0.25) is 15.1 Å². The van der Waals surface area contributed by atoms with Crippen LogP contribution < -0.4 is 26.4 Å². The van der Waals surface area contributed by atoms with E-state index in [2.05, 4.69) is 16.0 Å². The number of ether oxygens (including phenoxy) is 1. The molecule has 0 spiro atoms. The average Bonchev–Trinajstić information content (AvgIpc) is 3.01. The zero-order chi connectivity index (χ0) is 33.9. The normalized spacial score (nSPS) is 11.5. The number of carboxylic acid groups (broad SMARTS) is 1. The minimum absolute atomic E-state index is 0.0206. The Labute approximate surface area is 286 Å². The third-order valence-corrected chi connectivity index (χ3v) is 7.87. The summed E-state index contributed by atoms with van der Waals surface area (Å²) >= 11 is 19.0. The molecule has 4 aromatic carbocycles. The Hall–Kier alpha value is -4.32. The number of hydrogen-bond donors (Lipinski definition) is 6. The Bertz CT molecular complexity index is 1710. The number of nitrogens with one attached hydrogen (secondary N) is 3. The minimum Gasteiger partial charge on any atom is -0.508 e. The second kappa shape index (κ2) is 17.0. The number of anilines is 1. The van der Waals surface area contributed by atoms with Crippen LogP contribution in [0.1, 0.15) is 43.8 Å². The number of benzene rings is 4. The van der Waals surface area contributed by atoms with Gasteiger partial charge in [0.05, 0.1) is 32.8 Å². The lowest BCUT2D eigenvalue weighted by Crippen LogP contribution is -2.42. The summed E-state index contributed by atoms with van der Waals surface area (Å²) in [4.78, 5) is 37.9. The molecule has 10 nitrogen and oxygen atoms in total. The van der Waals surface area contributed by atoms with Crippen molar-refractivity contribution in [1.29, 1.82) is 0 Å². The van der Waals surface area contributed by atoms with E-state index in [0.29, 0.717) is 49.7 Å². The first-order chi connectivity index (χ1) is 22.5. The first kappa shape index (κ1) is 35.5. The Kier molecular flexibility index (Phi) is 12.9. The fourth-order valence-corrected chi connectivity index (χ4v) is 5.51. The standard InChI is InChI=1S/C34H33Cl3N4O6/c35-27-14-22(19-39-18-21-3-1-4-24(42)13-21)7-10-26(27)32(43)41-30(34(45)46)15-20-5-8-23(9-6-20)40-33(44)31-28(36)16-25(17-29(31)37)47-12-2-11-38/h1,3-10,13-14,16-17,30,39,42H,2,11-12,15,18-19,38H2,(H,40,44)(H,41,43)(H,45,46)/t30-/m0/s1. The number of hydrogen-bond acceptors (Lipinski definition) is 7. The lowest BCUT2D eigenvalue weighted by atomic mass is 10.0. The summed E-state index contributed by atoms with van der Waals surface area (Å²) in [6.45, 7) is 1.84. The summed E-state index contributed by atoms with van der Waals surface area (Å²) < 4.78 is 5.55. The van der Waals surface area contributed by atoms with Crippen molar-refractivity contribution in [3.05, 3.63) is 122 Å². The lowest BCUT2D eigenvalue weighted by molar-refractivity contribution is -0.139. The van der Waals surface area contributed by atoms with Gasteiger partial charge in [-0.05, 0) is 78.2 Å². The van der Waals surface area contributed by atoms with Gasteiger partial charge in [-0.2, -0.15) is 0 Å². The monoisotopic (exact) mass is 698 g/mol. The van der Waals surface area contributed by atoms with E-state index in [-0.39, 0.29) is 38.4 Å². The van der Waals surface area contributed by atoms with Crippen molar-refractivity contribution in [2.75, 3.05) is 18.5 Å². The Morgan fingerprint density at radius 1 is 0.809 bits per heavy atom. The van der Waals surface area contributed by atoms with Crippen molar-refractivity contribution in [3.8, 4) is 11.5 Å². The van der Waals surface area contributed by atoms with Gasteiger partial charge in [0.25, 0.3) is 11.8 Å². The van der Waals surface area contributed by atoms with Crippen LogP contribution in [0.3, 0.4) is 0 Å².